The van der Waals surface area contributed by atoms with Crippen LogP contribution in [0.5, 0.6) is 0 Å². The van der Waals surface area contributed by atoms with Gasteiger partial charge in [-0.1, -0.05) is 59.7 Å². The summed E-state index contributed by atoms with van der Waals surface area (Å²) in [6, 6.07) is 13.7. The summed E-state index contributed by atoms with van der Waals surface area (Å²) >= 11 is 0. The molecular formula is C22H19NO2. The molecule has 3 nitrogen and oxygen atoms in total. The number of amides is 2. The second-order valence-corrected chi connectivity index (χ2v) is 7.45. The van der Waals surface area contributed by atoms with Crippen molar-refractivity contribution >= 4 is 28.3 Å². The zero-order chi connectivity index (χ0) is 17.3. The van der Waals surface area contributed by atoms with E-state index < -0.39 is 0 Å². The molecule has 0 radical (unpaired) electrons. The van der Waals surface area contributed by atoms with Gasteiger partial charge >= 0.3 is 0 Å². The number of benzene rings is 2. The number of allylic oxidation sites excluding steroid dienone is 4. The topological polar surface area (TPSA) is 37.4 Å². The van der Waals surface area contributed by atoms with Crippen LogP contribution in [0, 0.1) is 23.7 Å². The van der Waals surface area contributed by atoms with Crippen molar-refractivity contribution in [1.29, 1.82) is 0 Å². The Morgan fingerprint density at radius 3 is 2.08 bits per heavy atom. The SMILES string of the molecule is CC(C)=C1[C@H]2C=C[C@@H]1[C@@H]1C(=O)N(c3cccc4ccccc34)C(=O)[C@H]12. The molecule has 2 amide bonds. The van der Waals surface area contributed by atoms with Crippen LogP contribution in [0.2, 0.25) is 0 Å². The summed E-state index contributed by atoms with van der Waals surface area (Å²) in [5, 5.41) is 2.00. The zero-order valence-corrected chi connectivity index (χ0v) is 14.3. The Morgan fingerprint density at radius 1 is 0.840 bits per heavy atom. The van der Waals surface area contributed by atoms with Crippen LogP contribution in [0.15, 0.2) is 65.8 Å². The molecule has 1 heterocycles. The van der Waals surface area contributed by atoms with Gasteiger partial charge in [-0.15, -0.1) is 0 Å². The number of fused-ring (bicyclic) bond motifs is 6. The van der Waals surface area contributed by atoms with Crippen LogP contribution in [-0.4, -0.2) is 11.8 Å². The number of carbonyl (C=O) groups is 2. The molecule has 0 aromatic heterocycles. The molecule has 0 unspecified atom stereocenters. The smallest absolute Gasteiger partial charge is 0.238 e. The summed E-state index contributed by atoms with van der Waals surface area (Å²) in [4.78, 5) is 27.9. The molecule has 3 aliphatic rings. The first-order chi connectivity index (χ1) is 12.1. The summed E-state index contributed by atoms with van der Waals surface area (Å²) in [5.41, 5.74) is 3.25. The van der Waals surface area contributed by atoms with Gasteiger partial charge in [-0.2, -0.15) is 0 Å². The molecule has 0 spiro atoms. The van der Waals surface area contributed by atoms with Crippen molar-refractivity contribution < 1.29 is 9.59 Å². The summed E-state index contributed by atoms with van der Waals surface area (Å²) in [7, 11) is 0. The summed E-state index contributed by atoms with van der Waals surface area (Å²) in [6.45, 7) is 4.17. The molecule has 25 heavy (non-hydrogen) atoms. The molecule has 2 bridgehead atoms. The van der Waals surface area contributed by atoms with E-state index in [0.717, 1.165) is 16.5 Å². The average molecular weight is 329 g/mol. The highest BCUT2D eigenvalue weighted by atomic mass is 16.2. The molecule has 2 fully saturated rings. The Labute approximate surface area is 146 Å². The lowest BCUT2D eigenvalue weighted by Crippen LogP contribution is -2.33. The summed E-state index contributed by atoms with van der Waals surface area (Å²) in [6.07, 6.45) is 4.26. The van der Waals surface area contributed by atoms with Crippen molar-refractivity contribution in [3.63, 3.8) is 0 Å². The van der Waals surface area contributed by atoms with Gasteiger partial charge in [0.05, 0.1) is 17.5 Å². The molecule has 1 saturated heterocycles. The van der Waals surface area contributed by atoms with E-state index in [4.69, 9.17) is 0 Å². The number of carbonyl (C=O) groups excluding carboxylic acids is 2. The molecule has 2 aromatic carbocycles. The number of nitrogens with zero attached hydrogens (tertiary/aromatic N) is 1. The number of rotatable bonds is 1. The third-order valence-corrected chi connectivity index (χ3v) is 6.00. The highest BCUT2D eigenvalue weighted by Crippen LogP contribution is 2.57. The standard InChI is InChI=1S/C22H19NO2/c1-12(2)18-15-10-11-16(18)20-19(15)21(24)23(22(20)25)17-9-5-7-13-6-3-4-8-14(13)17/h3-11,15-16,19-20H,1-2H3/t15-,16+,19-,20-/m0/s1. The molecule has 124 valence electrons. The lowest BCUT2D eigenvalue weighted by molar-refractivity contribution is -0.122. The Bertz CT molecular complexity index is 957. The predicted octanol–water partition coefficient (Wildman–Crippen LogP) is 4.10. The fourth-order valence-electron chi connectivity index (χ4n) is 5.07. The number of hydrogen-bond donors (Lipinski definition) is 0. The normalized spacial score (nSPS) is 29.8. The minimum absolute atomic E-state index is 0.0399. The molecular weight excluding hydrogens is 310 g/mol. The third-order valence-electron chi connectivity index (χ3n) is 6.00. The van der Waals surface area contributed by atoms with E-state index in [1.54, 1.807) is 0 Å². The van der Waals surface area contributed by atoms with Gasteiger partial charge in [0.15, 0.2) is 0 Å². The molecule has 0 N–H and O–H groups in total. The van der Waals surface area contributed by atoms with Crippen molar-refractivity contribution in [3.05, 3.63) is 65.8 Å². The summed E-state index contributed by atoms with van der Waals surface area (Å²) < 4.78 is 0. The Hall–Kier alpha value is -2.68. The quantitative estimate of drug-likeness (QED) is 0.583. The lowest BCUT2D eigenvalue weighted by atomic mass is 9.85. The van der Waals surface area contributed by atoms with E-state index in [-0.39, 0.29) is 35.5 Å². The van der Waals surface area contributed by atoms with Crippen molar-refractivity contribution in [3.8, 4) is 0 Å². The van der Waals surface area contributed by atoms with Crippen molar-refractivity contribution in [2.75, 3.05) is 4.90 Å². The molecule has 4 atom stereocenters. The Kier molecular flexibility index (Phi) is 2.88. The van der Waals surface area contributed by atoms with Crippen molar-refractivity contribution in [2.45, 2.75) is 13.8 Å². The van der Waals surface area contributed by atoms with Gasteiger partial charge in [0.1, 0.15) is 0 Å². The monoisotopic (exact) mass is 329 g/mol. The fraction of sp³-hybridized carbons (Fsp3) is 0.273. The minimum Gasteiger partial charge on any atom is -0.274 e. The second-order valence-electron chi connectivity index (χ2n) is 7.45. The first-order valence-corrected chi connectivity index (χ1v) is 8.81. The van der Waals surface area contributed by atoms with E-state index in [2.05, 4.69) is 26.0 Å². The van der Waals surface area contributed by atoms with E-state index in [0.29, 0.717) is 0 Å². The highest BCUT2D eigenvalue weighted by molar-refractivity contribution is 6.25. The van der Waals surface area contributed by atoms with Gasteiger partial charge in [-0.3, -0.25) is 9.59 Å². The maximum absolute atomic E-state index is 13.2. The first-order valence-electron chi connectivity index (χ1n) is 8.81. The van der Waals surface area contributed by atoms with E-state index in [1.807, 2.05) is 42.5 Å². The number of hydrogen-bond acceptors (Lipinski definition) is 2. The maximum atomic E-state index is 13.2. The van der Waals surface area contributed by atoms with E-state index in [9.17, 15) is 9.59 Å². The largest absolute Gasteiger partial charge is 0.274 e. The van der Waals surface area contributed by atoms with Crippen molar-refractivity contribution in [1.82, 2.24) is 0 Å². The first kappa shape index (κ1) is 14.6. The number of imide groups is 1. The third kappa shape index (κ3) is 1.76. The van der Waals surface area contributed by atoms with Crippen LogP contribution in [0.1, 0.15) is 13.8 Å². The van der Waals surface area contributed by atoms with Crippen LogP contribution in [0.25, 0.3) is 10.8 Å². The van der Waals surface area contributed by atoms with Crippen molar-refractivity contribution in [2.24, 2.45) is 23.7 Å². The van der Waals surface area contributed by atoms with Gasteiger partial charge in [0.2, 0.25) is 11.8 Å². The van der Waals surface area contributed by atoms with Crippen LogP contribution < -0.4 is 4.90 Å². The zero-order valence-electron chi connectivity index (χ0n) is 14.3. The van der Waals surface area contributed by atoms with Gasteiger partial charge in [0.25, 0.3) is 0 Å². The minimum atomic E-state index is -0.230. The average Bonchev–Trinajstić information content (AvgIpc) is 3.25. The number of anilines is 1. The maximum Gasteiger partial charge on any atom is 0.238 e. The van der Waals surface area contributed by atoms with Gasteiger partial charge < -0.3 is 0 Å². The summed E-state index contributed by atoms with van der Waals surface area (Å²) in [5.74, 6) is -0.352. The Balaban J connectivity index is 1.65. The van der Waals surface area contributed by atoms with E-state index >= 15 is 0 Å². The van der Waals surface area contributed by atoms with Crippen LogP contribution in [-0.2, 0) is 9.59 Å². The molecule has 1 aliphatic heterocycles. The van der Waals surface area contributed by atoms with Gasteiger partial charge in [0, 0.05) is 17.2 Å². The molecule has 2 aromatic rings. The van der Waals surface area contributed by atoms with Gasteiger partial charge in [-0.05, 0) is 25.3 Å². The van der Waals surface area contributed by atoms with Crippen LogP contribution in [0.3, 0.4) is 0 Å². The van der Waals surface area contributed by atoms with E-state index in [1.165, 1.54) is 16.0 Å². The molecule has 3 heteroatoms. The Morgan fingerprint density at radius 2 is 1.44 bits per heavy atom. The lowest BCUT2D eigenvalue weighted by Gasteiger charge is -2.20. The second kappa shape index (κ2) is 4.92. The predicted molar refractivity (Wildman–Crippen MR) is 97.9 cm³/mol. The fourth-order valence-corrected chi connectivity index (χ4v) is 5.07. The van der Waals surface area contributed by atoms with Crippen LogP contribution in [0.4, 0.5) is 5.69 Å². The highest BCUT2D eigenvalue weighted by Gasteiger charge is 2.62. The van der Waals surface area contributed by atoms with Gasteiger partial charge in [-0.25, -0.2) is 4.90 Å². The molecule has 1 saturated carbocycles. The molecule has 2 aliphatic carbocycles. The molecule has 5 rings (SSSR count). The van der Waals surface area contributed by atoms with Crippen LogP contribution >= 0.6 is 0 Å².